The molecule has 0 radical (unpaired) electrons. The third kappa shape index (κ3) is 3.92. The maximum Gasteiger partial charge on any atom is 0.241 e. The van der Waals surface area contributed by atoms with Crippen LogP contribution in [0.1, 0.15) is 5.56 Å². The Bertz CT molecular complexity index is 512. The molecule has 0 aromatic heterocycles. The summed E-state index contributed by atoms with van der Waals surface area (Å²) in [4.78, 5) is 0.0834. The van der Waals surface area contributed by atoms with E-state index in [-0.39, 0.29) is 11.4 Å². The maximum atomic E-state index is 12.8. The highest BCUT2D eigenvalue weighted by molar-refractivity contribution is 7.89. The monoisotopic (exact) mass is 258 g/mol. The number of hydrogen-bond acceptors (Lipinski definition) is 3. The van der Waals surface area contributed by atoms with Crippen LogP contribution in [0.5, 0.6) is 0 Å². The van der Waals surface area contributed by atoms with E-state index >= 15 is 0 Å². The zero-order chi connectivity index (χ0) is 12.9. The molecule has 0 spiro atoms. The molecule has 0 saturated carbocycles. The molecule has 0 saturated heterocycles. The zero-order valence-electron chi connectivity index (χ0n) is 9.48. The van der Waals surface area contributed by atoms with Crippen molar-refractivity contribution in [1.29, 1.82) is 0 Å². The number of halogens is 1. The number of aryl methyl sites for hydroxylation is 1. The van der Waals surface area contributed by atoms with Gasteiger partial charge in [0.2, 0.25) is 10.0 Å². The van der Waals surface area contributed by atoms with Crippen molar-refractivity contribution in [3.63, 3.8) is 0 Å². The summed E-state index contributed by atoms with van der Waals surface area (Å²) in [6, 6.07) is 3.56. The summed E-state index contributed by atoms with van der Waals surface area (Å²) in [7, 11) is -3.60. The van der Waals surface area contributed by atoms with Crippen molar-refractivity contribution in [2.24, 2.45) is 5.73 Å². The van der Waals surface area contributed by atoms with Gasteiger partial charge >= 0.3 is 0 Å². The molecule has 0 aliphatic carbocycles. The number of rotatable bonds is 5. The molecular formula is C11H15FN2O2S. The number of hydrogen-bond donors (Lipinski definition) is 2. The zero-order valence-corrected chi connectivity index (χ0v) is 10.3. The smallest absolute Gasteiger partial charge is 0.241 e. The highest BCUT2D eigenvalue weighted by atomic mass is 32.2. The minimum atomic E-state index is -3.60. The molecule has 0 unspecified atom stereocenters. The quantitative estimate of drug-likeness (QED) is 0.772. The van der Waals surface area contributed by atoms with Crippen molar-refractivity contribution in [2.75, 3.05) is 13.1 Å². The second-order valence-electron chi connectivity index (χ2n) is 3.47. The van der Waals surface area contributed by atoms with Gasteiger partial charge in [-0.2, -0.15) is 0 Å². The lowest BCUT2D eigenvalue weighted by Crippen LogP contribution is -2.24. The summed E-state index contributed by atoms with van der Waals surface area (Å²) in [6.45, 7) is 2.07. The molecule has 0 bridgehead atoms. The molecule has 3 N–H and O–H groups in total. The number of benzene rings is 1. The van der Waals surface area contributed by atoms with Gasteiger partial charge in [-0.05, 0) is 30.7 Å². The van der Waals surface area contributed by atoms with Gasteiger partial charge in [-0.25, -0.2) is 17.5 Å². The normalized spacial score (nSPS) is 12.2. The Hall–Kier alpha value is -1.24. The first-order valence-electron chi connectivity index (χ1n) is 5.08. The Kier molecular flexibility index (Phi) is 4.80. The average Bonchev–Trinajstić information content (AvgIpc) is 2.24. The predicted molar refractivity (Wildman–Crippen MR) is 64.5 cm³/mol. The molecule has 1 aromatic rings. The number of sulfonamides is 1. The van der Waals surface area contributed by atoms with E-state index in [1.165, 1.54) is 12.1 Å². The minimum absolute atomic E-state index is 0.0834. The second-order valence-corrected chi connectivity index (χ2v) is 5.20. The minimum Gasteiger partial charge on any atom is -0.327 e. The fourth-order valence-electron chi connectivity index (χ4n) is 1.33. The van der Waals surface area contributed by atoms with Crippen molar-refractivity contribution < 1.29 is 12.8 Å². The molecule has 6 heteroatoms. The van der Waals surface area contributed by atoms with Gasteiger partial charge in [0, 0.05) is 13.1 Å². The van der Waals surface area contributed by atoms with E-state index in [4.69, 9.17) is 5.73 Å². The first kappa shape index (κ1) is 13.8. The van der Waals surface area contributed by atoms with Crippen LogP contribution >= 0.6 is 0 Å². The molecule has 0 heterocycles. The first-order valence-corrected chi connectivity index (χ1v) is 6.56. The summed E-state index contributed by atoms with van der Waals surface area (Å²) in [5.41, 5.74) is 5.60. The van der Waals surface area contributed by atoms with E-state index in [1.807, 2.05) is 0 Å². The van der Waals surface area contributed by atoms with Crippen LogP contribution in [0.3, 0.4) is 0 Å². The molecule has 4 nitrogen and oxygen atoms in total. The lowest BCUT2D eigenvalue weighted by atomic mass is 10.2. The van der Waals surface area contributed by atoms with E-state index in [0.717, 1.165) is 6.07 Å². The largest absolute Gasteiger partial charge is 0.327 e. The predicted octanol–water partition coefficient (Wildman–Crippen LogP) is 0.927. The van der Waals surface area contributed by atoms with Crippen LogP contribution < -0.4 is 10.5 Å². The Morgan fingerprint density at radius 2 is 2.12 bits per heavy atom. The van der Waals surface area contributed by atoms with Gasteiger partial charge in [-0.15, -0.1) is 0 Å². The molecule has 1 rings (SSSR count). The summed E-state index contributed by atoms with van der Waals surface area (Å²) < 4.78 is 38.9. The molecule has 1 aromatic carbocycles. The Morgan fingerprint density at radius 1 is 1.41 bits per heavy atom. The molecule has 0 aliphatic heterocycles. The van der Waals surface area contributed by atoms with E-state index in [9.17, 15) is 12.8 Å². The molecule has 17 heavy (non-hydrogen) atoms. The third-order valence-electron chi connectivity index (χ3n) is 2.12. The molecule has 0 aliphatic rings. The van der Waals surface area contributed by atoms with Crippen LogP contribution in [-0.2, 0) is 10.0 Å². The van der Waals surface area contributed by atoms with Crippen molar-refractivity contribution in [3.8, 4) is 0 Å². The fourth-order valence-corrected chi connectivity index (χ4v) is 2.53. The highest BCUT2D eigenvalue weighted by Gasteiger charge is 2.15. The van der Waals surface area contributed by atoms with Crippen LogP contribution in [-0.4, -0.2) is 21.5 Å². The molecule has 0 amide bonds. The summed E-state index contributed by atoms with van der Waals surface area (Å²) in [5, 5.41) is 0. The lowest BCUT2D eigenvalue weighted by molar-refractivity contribution is 0.583. The average molecular weight is 258 g/mol. The Morgan fingerprint density at radius 3 is 2.71 bits per heavy atom. The van der Waals surface area contributed by atoms with E-state index in [2.05, 4.69) is 4.72 Å². The van der Waals surface area contributed by atoms with Crippen LogP contribution in [0.25, 0.3) is 0 Å². The maximum absolute atomic E-state index is 12.8. The fraction of sp³-hybridized carbons (Fsp3) is 0.273. The van der Waals surface area contributed by atoms with E-state index in [1.54, 1.807) is 19.1 Å². The standard InChI is InChI=1S/C11H15FN2O2S/c1-9-8-10(12)4-5-11(9)17(15,16)14-7-3-2-6-13/h2-5,8,14H,6-7,13H2,1H3/b3-2+. The van der Waals surface area contributed by atoms with E-state index in [0.29, 0.717) is 12.1 Å². The molecular weight excluding hydrogens is 243 g/mol. The first-order chi connectivity index (χ1) is 7.97. The molecule has 0 fully saturated rings. The Balaban J connectivity index is 2.86. The SMILES string of the molecule is Cc1cc(F)ccc1S(=O)(=O)NC/C=C/CN. The van der Waals surface area contributed by atoms with Crippen molar-refractivity contribution in [2.45, 2.75) is 11.8 Å². The van der Waals surface area contributed by atoms with Crippen LogP contribution in [0.15, 0.2) is 35.2 Å². The van der Waals surface area contributed by atoms with E-state index < -0.39 is 15.8 Å². The molecule has 94 valence electrons. The van der Waals surface area contributed by atoms with Gasteiger partial charge in [0.25, 0.3) is 0 Å². The van der Waals surface area contributed by atoms with Crippen LogP contribution in [0.2, 0.25) is 0 Å². The Labute approximate surface area is 100 Å². The third-order valence-corrected chi connectivity index (χ3v) is 3.70. The summed E-state index contributed by atoms with van der Waals surface area (Å²) in [6.07, 6.45) is 3.27. The summed E-state index contributed by atoms with van der Waals surface area (Å²) in [5.74, 6) is -0.454. The second kappa shape index (κ2) is 5.90. The summed E-state index contributed by atoms with van der Waals surface area (Å²) >= 11 is 0. The van der Waals surface area contributed by atoms with Gasteiger partial charge in [0.15, 0.2) is 0 Å². The number of nitrogens with two attached hydrogens (primary N) is 1. The van der Waals surface area contributed by atoms with Gasteiger partial charge < -0.3 is 5.73 Å². The van der Waals surface area contributed by atoms with Crippen molar-refractivity contribution >= 4 is 10.0 Å². The number of nitrogens with one attached hydrogen (secondary N) is 1. The van der Waals surface area contributed by atoms with Gasteiger partial charge in [0.1, 0.15) is 5.82 Å². The van der Waals surface area contributed by atoms with Crippen molar-refractivity contribution in [1.82, 2.24) is 4.72 Å². The van der Waals surface area contributed by atoms with Gasteiger partial charge in [0.05, 0.1) is 4.90 Å². The lowest BCUT2D eigenvalue weighted by Gasteiger charge is -2.07. The highest BCUT2D eigenvalue weighted by Crippen LogP contribution is 2.15. The van der Waals surface area contributed by atoms with Crippen LogP contribution in [0.4, 0.5) is 4.39 Å². The molecule has 0 atom stereocenters. The van der Waals surface area contributed by atoms with Gasteiger partial charge in [-0.1, -0.05) is 12.2 Å². The van der Waals surface area contributed by atoms with Crippen molar-refractivity contribution in [3.05, 3.63) is 41.7 Å². The topological polar surface area (TPSA) is 72.2 Å². The van der Waals surface area contributed by atoms with Gasteiger partial charge in [-0.3, -0.25) is 0 Å². The van der Waals surface area contributed by atoms with Crippen LogP contribution in [0, 0.1) is 12.7 Å².